The second-order valence-electron chi connectivity index (χ2n) is 4.67. The number of nitrogens with one attached hydrogen (secondary N) is 1. The lowest BCUT2D eigenvalue weighted by Gasteiger charge is -2.14. The quantitative estimate of drug-likeness (QED) is 0.920. The highest BCUT2D eigenvalue weighted by atomic mass is 32.1. The van der Waals surface area contributed by atoms with Crippen LogP contribution in [-0.4, -0.2) is 24.1 Å². The third-order valence-corrected chi connectivity index (χ3v) is 5.57. The Kier molecular flexibility index (Phi) is 4.54. The van der Waals surface area contributed by atoms with Crippen LogP contribution in [0.2, 0.25) is 0 Å². The molecule has 1 atom stereocenters. The molecule has 0 saturated heterocycles. The number of hydrogen-bond donors (Lipinski definition) is 1. The van der Waals surface area contributed by atoms with E-state index in [9.17, 15) is 0 Å². The molecule has 0 aliphatic heterocycles. The second-order valence-corrected chi connectivity index (χ2v) is 6.62. The smallest absolute Gasteiger partial charge is 0.185 e. The van der Waals surface area contributed by atoms with Crippen molar-refractivity contribution in [3.8, 4) is 0 Å². The van der Waals surface area contributed by atoms with Crippen LogP contribution in [0.5, 0.6) is 0 Å². The minimum absolute atomic E-state index is 0.352. The Hall–Kier alpha value is -0.980. The van der Waals surface area contributed by atoms with Gasteiger partial charge in [0.15, 0.2) is 5.13 Å². The zero-order valence-corrected chi connectivity index (χ0v) is 13.7. The summed E-state index contributed by atoms with van der Waals surface area (Å²) in [7, 11) is 4.07. The van der Waals surface area contributed by atoms with Crippen molar-refractivity contribution in [3.05, 3.63) is 26.7 Å². The van der Waals surface area contributed by atoms with E-state index in [1.807, 2.05) is 12.6 Å². The zero-order valence-electron chi connectivity index (χ0n) is 12.0. The van der Waals surface area contributed by atoms with Gasteiger partial charge in [0.1, 0.15) is 0 Å². The van der Waals surface area contributed by atoms with Gasteiger partial charge in [0.2, 0.25) is 0 Å². The van der Waals surface area contributed by atoms with Crippen LogP contribution in [0.15, 0.2) is 5.51 Å². The number of thiazole rings is 2. The molecular weight excluding hydrogens is 276 g/mol. The molecule has 0 amide bonds. The predicted molar refractivity (Wildman–Crippen MR) is 83.3 cm³/mol. The maximum Gasteiger partial charge on any atom is 0.185 e. The van der Waals surface area contributed by atoms with E-state index in [4.69, 9.17) is 0 Å². The molecule has 0 bridgehead atoms. The second kappa shape index (κ2) is 5.98. The van der Waals surface area contributed by atoms with Gasteiger partial charge in [-0.25, -0.2) is 9.97 Å². The van der Waals surface area contributed by atoms with Gasteiger partial charge in [0, 0.05) is 22.8 Å². The topological polar surface area (TPSA) is 41.0 Å². The molecule has 1 unspecified atom stereocenters. The van der Waals surface area contributed by atoms with Crippen molar-refractivity contribution in [3.63, 3.8) is 0 Å². The van der Waals surface area contributed by atoms with Crippen LogP contribution in [0.4, 0.5) is 5.13 Å². The fraction of sp³-hybridized carbons (Fsp3) is 0.538. The van der Waals surface area contributed by atoms with E-state index in [2.05, 4.69) is 48.0 Å². The highest BCUT2D eigenvalue weighted by molar-refractivity contribution is 7.15. The predicted octanol–water partition coefficient (Wildman–Crippen LogP) is 3.13. The van der Waals surface area contributed by atoms with Crippen LogP contribution in [0.1, 0.15) is 34.1 Å². The van der Waals surface area contributed by atoms with Crippen molar-refractivity contribution >= 4 is 27.8 Å². The number of anilines is 1. The minimum Gasteiger partial charge on any atom is -0.346 e. The summed E-state index contributed by atoms with van der Waals surface area (Å²) in [4.78, 5) is 13.8. The molecule has 0 aliphatic carbocycles. The number of aryl methyl sites for hydroxylation is 2. The molecule has 2 aromatic heterocycles. The molecule has 2 rings (SSSR count). The largest absolute Gasteiger partial charge is 0.346 e. The monoisotopic (exact) mass is 296 g/mol. The van der Waals surface area contributed by atoms with Gasteiger partial charge >= 0.3 is 0 Å². The zero-order chi connectivity index (χ0) is 14.0. The van der Waals surface area contributed by atoms with Gasteiger partial charge in [0.25, 0.3) is 0 Å². The van der Waals surface area contributed by atoms with E-state index in [0.717, 1.165) is 23.1 Å². The van der Waals surface area contributed by atoms with Crippen LogP contribution in [0.25, 0.3) is 0 Å². The van der Waals surface area contributed by atoms with Crippen molar-refractivity contribution in [2.75, 3.05) is 19.0 Å². The lowest BCUT2D eigenvalue weighted by Crippen LogP contribution is -2.15. The normalized spacial score (nSPS) is 12.7. The Labute approximate surface area is 122 Å². The first-order valence-electron chi connectivity index (χ1n) is 6.27. The van der Waals surface area contributed by atoms with Gasteiger partial charge in [0.05, 0.1) is 23.4 Å². The van der Waals surface area contributed by atoms with Crippen molar-refractivity contribution in [1.82, 2.24) is 15.3 Å². The number of rotatable bonds is 5. The lowest BCUT2D eigenvalue weighted by molar-refractivity contribution is 0.658. The van der Waals surface area contributed by atoms with E-state index >= 15 is 0 Å². The van der Waals surface area contributed by atoms with Gasteiger partial charge in [-0.15, -0.1) is 22.7 Å². The van der Waals surface area contributed by atoms with E-state index in [0.29, 0.717) is 6.04 Å². The summed E-state index contributed by atoms with van der Waals surface area (Å²) < 4.78 is 0. The molecule has 0 fully saturated rings. The van der Waals surface area contributed by atoms with Crippen molar-refractivity contribution in [2.45, 2.75) is 33.4 Å². The van der Waals surface area contributed by atoms with Crippen LogP contribution in [0.3, 0.4) is 0 Å². The molecule has 4 nitrogen and oxygen atoms in total. The summed E-state index contributed by atoms with van der Waals surface area (Å²) >= 11 is 3.47. The third-order valence-electron chi connectivity index (χ3n) is 3.20. The summed E-state index contributed by atoms with van der Waals surface area (Å²) in [6.07, 6.45) is 0. The highest BCUT2D eigenvalue weighted by Crippen LogP contribution is 2.31. The molecular formula is C13H20N4S2. The molecule has 1 N–H and O–H groups in total. The molecule has 19 heavy (non-hydrogen) atoms. The fourth-order valence-corrected chi connectivity index (χ4v) is 3.77. The summed E-state index contributed by atoms with van der Waals surface area (Å²) in [6.45, 7) is 7.17. The Morgan fingerprint density at radius 2 is 2.11 bits per heavy atom. The highest BCUT2D eigenvalue weighted by Gasteiger charge is 2.16. The number of nitrogens with zero attached hydrogens (tertiary/aromatic N) is 3. The van der Waals surface area contributed by atoms with Crippen LogP contribution in [-0.2, 0) is 6.54 Å². The average molecular weight is 296 g/mol. The lowest BCUT2D eigenvalue weighted by atomic mass is 10.2. The molecule has 2 heterocycles. The standard InChI is InChI=1S/C13H20N4S2/c1-8-11(18-7-15-8)6-17(5)13-16-10(3)12(19-13)9(2)14-4/h7,9,14H,6H2,1-5H3. The van der Waals surface area contributed by atoms with Crippen LogP contribution < -0.4 is 10.2 Å². The fourth-order valence-electron chi connectivity index (χ4n) is 1.85. The van der Waals surface area contributed by atoms with E-state index in [1.54, 1.807) is 22.7 Å². The summed E-state index contributed by atoms with van der Waals surface area (Å²) in [6, 6.07) is 0.352. The maximum atomic E-state index is 4.68. The molecule has 0 saturated carbocycles. The van der Waals surface area contributed by atoms with Gasteiger partial charge in [-0.05, 0) is 27.8 Å². The first kappa shape index (κ1) is 14.4. The Balaban J connectivity index is 2.16. The first-order chi connectivity index (χ1) is 9.02. The van der Waals surface area contributed by atoms with Gasteiger partial charge in [-0.1, -0.05) is 0 Å². The Morgan fingerprint density at radius 3 is 2.68 bits per heavy atom. The molecule has 0 aliphatic rings. The molecule has 6 heteroatoms. The minimum atomic E-state index is 0.352. The molecule has 2 aromatic rings. The van der Waals surface area contributed by atoms with Crippen molar-refractivity contribution < 1.29 is 0 Å². The van der Waals surface area contributed by atoms with Gasteiger partial charge in [-0.2, -0.15) is 0 Å². The SMILES string of the molecule is CNC(C)c1sc(N(C)Cc2scnc2C)nc1C. The molecule has 0 aromatic carbocycles. The van der Waals surface area contributed by atoms with Crippen molar-refractivity contribution in [2.24, 2.45) is 0 Å². The molecule has 104 valence electrons. The first-order valence-corrected chi connectivity index (χ1v) is 7.97. The number of hydrogen-bond acceptors (Lipinski definition) is 6. The van der Waals surface area contributed by atoms with Gasteiger partial charge in [-0.3, -0.25) is 0 Å². The molecule has 0 radical (unpaired) electrons. The van der Waals surface area contributed by atoms with Crippen LogP contribution in [0, 0.1) is 13.8 Å². The summed E-state index contributed by atoms with van der Waals surface area (Å²) in [5.41, 5.74) is 4.14. The van der Waals surface area contributed by atoms with Crippen molar-refractivity contribution in [1.29, 1.82) is 0 Å². The summed E-state index contributed by atoms with van der Waals surface area (Å²) in [5, 5.41) is 4.34. The average Bonchev–Trinajstić information content (AvgIpc) is 2.95. The number of aromatic nitrogens is 2. The van der Waals surface area contributed by atoms with Gasteiger partial charge < -0.3 is 10.2 Å². The van der Waals surface area contributed by atoms with E-state index in [1.165, 1.54) is 9.75 Å². The van der Waals surface area contributed by atoms with E-state index in [-0.39, 0.29) is 0 Å². The third kappa shape index (κ3) is 3.13. The molecule has 0 spiro atoms. The maximum absolute atomic E-state index is 4.68. The summed E-state index contributed by atoms with van der Waals surface area (Å²) in [5.74, 6) is 0. The Bertz CT molecular complexity index is 547. The van der Waals surface area contributed by atoms with E-state index < -0.39 is 0 Å². The Morgan fingerprint density at radius 1 is 1.37 bits per heavy atom. The van der Waals surface area contributed by atoms with Crippen LogP contribution >= 0.6 is 22.7 Å².